The van der Waals surface area contributed by atoms with E-state index >= 15 is 0 Å². The van der Waals surface area contributed by atoms with E-state index in [1.54, 1.807) is 6.07 Å². The molecule has 0 aliphatic carbocycles. The second-order valence-electron chi connectivity index (χ2n) is 4.30. The number of hydrogen-bond donors (Lipinski definition) is 2. The summed E-state index contributed by atoms with van der Waals surface area (Å²) in [5, 5.41) is 4.90. The quantitative estimate of drug-likeness (QED) is 0.798. The molecule has 0 bridgehead atoms. The SMILES string of the molecule is CC1OCCC1(C)NC(=O)c1cc(S)cs1. The second kappa shape index (κ2) is 4.39. The van der Waals surface area contributed by atoms with Crippen LogP contribution in [0.3, 0.4) is 0 Å². The fourth-order valence-corrected chi connectivity index (χ4v) is 2.81. The van der Waals surface area contributed by atoms with Crippen molar-refractivity contribution in [1.82, 2.24) is 5.32 Å². The molecule has 0 saturated carbocycles. The minimum atomic E-state index is -0.252. The van der Waals surface area contributed by atoms with E-state index in [2.05, 4.69) is 17.9 Å². The van der Waals surface area contributed by atoms with Crippen LogP contribution in [0.1, 0.15) is 29.9 Å². The van der Waals surface area contributed by atoms with Gasteiger partial charge in [0.05, 0.1) is 16.5 Å². The summed E-state index contributed by atoms with van der Waals surface area (Å²) in [6, 6.07) is 1.78. The fraction of sp³-hybridized carbons (Fsp3) is 0.545. The third-order valence-corrected chi connectivity index (χ3v) is 4.46. The zero-order chi connectivity index (χ0) is 11.8. The van der Waals surface area contributed by atoms with Crippen LogP contribution in [0.2, 0.25) is 0 Å². The van der Waals surface area contributed by atoms with Gasteiger partial charge in [0, 0.05) is 16.9 Å². The zero-order valence-electron chi connectivity index (χ0n) is 9.32. The van der Waals surface area contributed by atoms with Crippen molar-refractivity contribution in [3.63, 3.8) is 0 Å². The Morgan fingerprint density at radius 1 is 1.75 bits per heavy atom. The minimum Gasteiger partial charge on any atom is -0.376 e. The minimum absolute atomic E-state index is 0.0369. The summed E-state index contributed by atoms with van der Waals surface area (Å²) < 4.78 is 5.48. The molecule has 2 unspecified atom stereocenters. The average Bonchev–Trinajstić information content (AvgIpc) is 2.76. The monoisotopic (exact) mass is 257 g/mol. The summed E-state index contributed by atoms with van der Waals surface area (Å²) in [5.74, 6) is -0.0369. The first-order valence-electron chi connectivity index (χ1n) is 5.23. The van der Waals surface area contributed by atoms with Crippen LogP contribution in [0, 0.1) is 0 Å². The molecule has 16 heavy (non-hydrogen) atoms. The molecule has 1 fully saturated rings. The van der Waals surface area contributed by atoms with Crippen LogP contribution >= 0.6 is 24.0 Å². The van der Waals surface area contributed by atoms with E-state index in [1.165, 1.54) is 11.3 Å². The molecule has 1 saturated heterocycles. The standard InChI is InChI=1S/C11H15NO2S2/c1-7-11(2,3-4-14-7)12-10(13)9-5-8(15)6-16-9/h5-7,15H,3-4H2,1-2H3,(H,12,13). The molecule has 3 nitrogen and oxygen atoms in total. The number of thiophene rings is 1. The van der Waals surface area contributed by atoms with Crippen molar-refractivity contribution in [3.05, 3.63) is 16.3 Å². The average molecular weight is 257 g/mol. The first kappa shape index (κ1) is 12.0. The summed E-state index contributed by atoms with van der Waals surface area (Å²) in [5.41, 5.74) is -0.252. The molecule has 0 aromatic carbocycles. The number of thiol groups is 1. The smallest absolute Gasteiger partial charge is 0.261 e. The van der Waals surface area contributed by atoms with Gasteiger partial charge < -0.3 is 10.1 Å². The van der Waals surface area contributed by atoms with Gasteiger partial charge in [0.25, 0.3) is 5.91 Å². The first-order chi connectivity index (χ1) is 7.51. The summed E-state index contributed by atoms with van der Waals surface area (Å²) in [4.78, 5) is 13.5. The van der Waals surface area contributed by atoms with Crippen molar-refractivity contribution in [2.75, 3.05) is 6.61 Å². The number of carbonyl (C=O) groups excluding carboxylic acids is 1. The fourth-order valence-electron chi connectivity index (χ4n) is 1.77. The van der Waals surface area contributed by atoms with Crippen LogP contribution < -0.4 is 5.32 Å². The molecule has 2 atom stereocenters. The third kappa shape index (κ3) is 2.26. The Hall–Kier alpha value is -0.520. The Kier molecular flexibility index (Phi) is 3.28. The van der Waals surface area contributed by atoms with E-state index in [-0.39, 0.29) is 17.6 Å². The van der Waals surface area contributed by atoms with Gasteiger partial charge >= 0.3 is 0 Å². The normalized spacial score (nSPS) is 29.3. The van der Waals surface area contributed by atoms with Gasteiger partial charge in [0.1, 0.15) is 0 Å². The van der Waals surface area contributed by atoms with Gasteiger partial charge in [-0.3, -0.25) is 4.79 Å². The highest BCUT2D eigenvalue weighted by Gasteiger charge is 2.38. The lowest BCUT2D eigenvalue weighted by Gasteiger charge is -2.28. The highest BCUT2D eigenvalue weighted by molar-refractivity contribution is 7.80. The van der Waals surface area contributed by atoms with Crippen molar-refractivity contribution in [2.45, 2.75) is 36.8 Å². The number of ether oxygens (including phenoxy) is 1. The van der Waals surface area contributed by atoms with Gasteiger partial charge in [-0.15, -0.1) is 24.0 Å². The zero-order valence-corrected chi connectivity index (χ0v) is 11.0. The Balaban J connectivity index is 2.07. The molecule has 0 spiro atoms. The second-order valence-corrected chi connectivity index (χ2v) is 5.73. The summed E-state index contributed by atoms with van der Waals surface area (Å²) >= 11 is 5.60. The molecule has 88 valence electrons. The lowest BCUT2D eigenvalue weighted by molar-refractivity contribution is 0.0730. The predicted octanol–water partition coefficient (Wildman–Crippen LogP) is 2.33. The summed E-state index contributed by atoms with van der Waals surface area (Å²) in [7, 11) is 0. The Morgan fingerprint density at radius 3 is 3.00 bits per heavy atom. The maximum atomic E-state index is 12.0. The summed E-state index contributed by atoms with van der Waals surface area (Å²) in [6.07, 6.45) is 0.922. The number of rotatable bonds is 2. The molecule has 0 radical (unpaired) electrons. The molecule has 1 aliphatic rings. The molecule has 1 aromatic rings. The van der Waals surface area contributed by atoms with Crippen molar-refractivity contribution in [2.24, 2.45) is 0 Å². The van der Waals surface area contributed by atoms with Crippen LogP contribution in [-0.4, -0.2) is 24.2 Å². The van der Waals surface area contributed by atoms with Crippen LogP contribution in [0.25, 0.3) is 0 Å². The van der Waals surface area contributed by atoms with Crippen molar-refractivity contribution >= 4 is 29.9 Å². The Bertz CT molecular complexity index is 404. The maximum Gasteiger partial charge on any atom is 0.261 e. The highest BCUT2D eigenvalue weighted by atomic mass is 32.1. The van der Waals surface area contributed by atoms with Gasteiger partial charge in [-0.25, -0.2) is 0 Å². The van der Waals surface area contributed by atoms with Gasteiger partial charge in [0.15, 0.2) is 0 Å². The predicted molar refractivity (Wildman–Crippen MR) is 67.5 cm³/mol. The van der Waals surface area contributed by atoms with Crippen LogP contribution in [0.5, 0.6) is 0 Å². The van der Waals surface area contributed by atoms with Crippen LogP contribution in [0.4, 0.5) is 0 Å². The number of carbonyl (C=O) groups is 1. The Labute approximate surface area is 105 Å². The van der Waals surface area contributed by atoms with E-state index in [4.69, 9.17) is 4.74 Å². The molecule has 2 heterocycles. The van der Waals surface area contributed by atoms with Gasteiger partial charge in [-0.2, -0.15) is 0 Å². The number of amides is 1. The largest absolute Gasteiger partial charge is 0.376 e. The number of hydrogen-bond acceptors (Lipinski definition) is 4. The molecule has 1 aromatic heterocycles. The van der Waals surface area contributed by atoms with Gasteiger partial charge in [-0.05, 0) is 26.3 Å². The number of nitrogens with one attached hydrogen (secondary N) is 1. The molecule has 2 rings (SSSR count). The lowest BCUT2D eigenvalue weighted by Crippen LogP contribution is -2.50. The maximum absolute atomic E-state index is 12.0. The molecular weight excluding hydrogens is 242 g/mol. The van der Waals surface area contributed by atoms with E-state index in [9.17, 15) is 4.79 Å². The lowest BCUT2D eigenvalue weighted by atomic mass is 9.94. The van der Waals surface area contributed by atoms with E-state index < -0.39 is 0 Å². The van der Waals surface area contributed by atoms with Crippen molar-refractivity contribution in [1.29, 1.82) is 0 Å². The third-order valence-electron chi connectivity index (χ3n) is 3.09. The van der Waals surface area contributed by atoms with Crippen LogP contribution in [-0.2, 0) is 4.74 Å². The first-order valence-corrected chi connectivity index (χ1v) is 6.55. The van der Waals surface area contributed by atoms with E-state index in [1.807, 2.05) is 19.2 Å². The molecular formula is C11H15NO2S2. The molecule has 1 N–H and O–H groups in total. The molecule has 1 amide bonds. The van der Waals surface area contributed by atoms with Gasteiger partial charge in [0.2, 0.25) is 0 Å². The van der Waals surface area contributed by atoms with Crippen molar-refractivity contribution < 1.29 is 9.53 Å². The Morgan fingerprint density at radius 2 is 2.50 bits per heavy atom. The molecule has 1 aliphatic heterocycles. The van der Waals surface area contributed by atoms with E-state index in [0.29, 0.717) is 11.5 Å². The van der Waals surface area contributed by atoms with Gasteiger partial charge in [-0.1, -0.05) is 0 Å². The van der Waals surface area contributed by atoms with Crippen molar-refractivity contribution in [3.8, 4) is 0 Å². The topological polar surface area (TPSA) is 38.3 Å². The highest BCUT2D eigenvalue weighted by Crippen LogP contribution is 2.26. The van der Waals surface area contributed by atoms with Crippen LogP contribution in [0.15, 0.2) is 16.3 Å². The van der Waals surface area contributed by atoms with E-state index in [0.717, 1.165) is 11.3 Å². The summed E-state index contributed by atoms with van der Waals surface area (Å²) in [6.45, 7) is 4.73. The molecule has 5 heteroatoms.